The molecule has 0 atom stereocenters. The molecule has 2 aromatic rings. The number of nitrogens with zero attached hydrogens (tertiary/aromatic N) is 1. The van der Waals surface area contributed by atoms with Crippen LogP contribution in [-0.2, 0) is 0 Å². The van der Waals surface area contributed by atoms with E-state index in [1.165, 1.54) is 12.5 Å². The SMILES string of the molecule is CCCNc1c(F)cc(C(=O)Nc2cnoc2)cc1F. The molecule has 0 saturated heterocycles. The minimum Gasteiger partial charge on any atom is -0.380 e. The number of rotatable bonds is 5. The van der Waals surface area contributed by atoms with Crippen molar-refractivity contribution in [2.75, 3.05) is 17.2 Å². The van der Waals surface area contributed by atoms with Gasteiger partial charge < -0.3 is 15.2 Å². The minimum atomic E-state index is -0.811. The average Bonchev–Trinajstić information content (AvgIpc) is 2.90. The van der Waals surface area contributed by atoms with Gasteiger partial charge in [0.15, 0.2) is 0 Å². The first kappa shape index (κ1) is 14.0. The summed E-state index contributed by atoms with van der Waals surface area (Å²) >= 11 is 0. The molecule has 106 valence electrons. The predicted molar refractivity (Wildman–Crippen MR) is 69.6 cm³/mol. The van der Waals surface area contributed by atoms with Crippen molar-refractivity contribution in [1.29, 1.82) is 0 Å². The highest BCUT2D eigenvalue weighted by molar-refractivity contribution is 6.04. The zero-order valence-corrected chi connectivity index (χ0v) is 10.7. The number of hydrogen-bond acceptors (Lipinski definition) is 4. The molecule has 0 aliphatic heterocycles. The molecular weight excluding hydrogens is 268 g/mol. The molecule has 0 unspecified atom stereocenters. The van der Waals surface area contributed by atoms with Crippen LogP contribution in [0.15, 0.2) is 29.1 Å². The molecular formula is C13H13F2N3O2. The van der Waals surface area contributed by atoms with Crippen molar-refractivity contribution in [1.82, 2.24) is 5.16 Å². The van der Waals surface area contributed by atoms with Gasteiger partial charge in [0.25, 0.3) is 5.91 Å². The number of amides is 1. The van der Waals surface area contributed by atoms with Crippen LogP contribution in [0.2, 0.25) is 0 Å². The van der Waals surface area contributed by atoms with Crippen LogP contribution in [-0.4, -0.2) is 17.6 Å². The Morgan fingerprint density at radius 3 is 2.60 bits per heavy atom. The monoisotopic (exact) mass is 281 g/mol. The molecule has 7 heteroatoms. The largest absolute Gasteiger partial charge is 0.380 e. The van der Waals surface area contributed by atoms with Gasteiger partial charge in [-0.25, -0.2) is 8.78 Å². The fourth-order valence-electron chi connectivity index (χ4n) is 1.59. The molecule has 20 heavy (non-hydrogen) atoms. The van der Waals surface area contributed by atoms with Gasteiger partial charge in [0.05, 0.1) is 6.20 Å². The maximum atomic E-state index is 13.8. The summed E-state index contributed by atoms with van der Waals surface area (Å²) in [4.78, 5) is 11.8. The highest BCUT2D eigenvalue weighted by Gasteiger charge is 2.15. The number of carbonyl (C=O) groups is 1. The molecule has 1 amide bonds. The zero-order chi connectivity index (χ0) is 14.5. The van der Waals surface area contributed by atoms with Crippen LogP contribution < -0.4 is 10.6 Å². The second kappa shape index (κ2) is 6.14. The lowest BCUT2D eigenvalue weighted by atomic mass is 10.1. The van der Waals surface area contributed by atoms with E-state index < -0.39 is 17.5 Å². The summed E-state index contributed by atoms with van der Waals surface area (Å²) in [5, 5.41) is 8.45. The van der Waals surface area contributed by atoms with E-state index in [9.17, 15) is 13.6 Å². The first-order chi connectivity index (χ1) is 9.61. The second-order valence-corrected chi connectivity index (χ2v) is 4.11. The summed E-state index contributed by atoms with van der Waals surface area (Å²) < 4.78 is 32.1. The van der Waals surface area contributed by atoms with Crippen molar-refractivity contribution in [2.24, 2.45) is 0 Å². The van der Waals surface area contributed by atoms with Gasteiger partial charge in [0, 0.05) is 12.1 Å². The number of hydrogen-bond donors (Lipinski definition) is 2. The molecule has 0 fully saturated rings. The molecule has 0 aliphatic rings. The number of carbonyl (C=O) groups excluding carboxylic acids is 1. The lowest BCUT2D eigenvalue weighted by molar-refractivity contribution is 0.102. The van der Waals surface area contributed by atoms with Crippen LogP contribution in [0.3, 0.4) is 0 Å². The number of nitrogens with one attached hydrogen (secondary N) is 2. The van der Waals surface area contributed by atoms with Crippen LogP contribution in [0.5, 0.6) is 0 Å². The van der Waals surface area contributed by atoms with E-state index in [0.717, 1.165) is 18.6 Å². The van der Waals surface area contributed by atoms with E-state index in [0.29, 0.717) is 12.2 Å². The predicted octanol–water partition coefficient (Wildman–Crippen LogP) is 3.03. The summed E-state index contributed by atoms with van der Waals surface area (Å²) in [5.41, 5.74) is -0.0411. The molecule has 0 radical (unpaired) electrons. The lowest BCUT2D eigenvalue weighted by Gasteiger charge is -2.09. The molecule has 2 rings (SSSR count). The van der Waals surface area contributed by atoms with Crippen molar-refractivity contribution in [3.05, 3.63) is 41.8 Å². The van der Waals surface area contributed by atoms with Gasteiger partial charge in [-0.3, -0.25) is 4.79 Å². The Morgan fingerprint density at radius 1 is 1.35 bits per heavy atom. The summed E-state index contributed by atoms with van der Waals surface area (Å²) in [5.74, 6) is -2.27. The van der Waals surface area contributed by atoms with Gasteiger partial charge in [-0.1, -0.05) is 12.1 Å². The normalized spacial score (nSPS) is 10.3. The third-order valence-electron chi connectivity index (χ3n) is 2.55. The van der Waals surface area contributed by atoms with Gasteiger partial charge in [0.2, 0.25) is 0 Å². The highest BCUT2D eigenvalue weighted by Crippen LogP contribution is 2.21. The first-order valence-corrected chi connectivity index (χ1v) is 6.05. The standard InChI is InChI=1S/C13H13F2N3O2/c1-2-3-16-12-10(14)4-8(5-11(12)15)13(19)18-9-6-17-20-7-9/h4-7,16H,2-3H2,1H3,(H,18,19). The number of anilines is 2. The van der Waals surface area contributed by atoms with E-state index in [4.69, 9.17) is 0 Å². The van der Waals surface area contributed by atoms with Crippen molar-refractivity contribution >= 4 is 17.3 Å². The molecule has 2 N–H and O–H groups in total. The van der Waals surface area contributed by atoms with Crippen LogP contribution in [0.25, 0.3) is 0 Å². The van der Waals surface area contributed by atoms with E-state index in [1.54, 1.807) is 0 Å². The fourth-order valence-corrected chi connectivity index (χ4v) is 1.59. The number of aromatic nitrogens is 1. The summed E-state index contributed by atoms with van der Waals surface area (Å²) in [6.07, 6.45) is 3.22. The third-order valence-corrected chi connectivity index (χ3v) is 2.55. The van der Waals surface area contributed by atoms with Crippen LogP contribution >= 0.6 is 0 Å². The Labute approximate surface area is 114 Å². The Kier molecular flexibility index (Phi) is 4.29. The van der Waals surface area contributed by atoms with Crippen molar-refractivity contribution in [2.45, 2.75) is 13.3 Å². The van der Waals surface area contributed by atoms with Gasteiger partial charge >= 0.3 is 0 Å². The molecule has 0 aliphatic carbocycles. The molecule has 0 bridgehead atoms. The molecule has 0 spiro atoms. The topological polar surface area (TPSA) is 67.2 Å². The Bertz CT molecular complexity index is 577. The summed E-state index contributed by atoms with van der Waals surface area (Å²) in [7, 11) is 0. The average molecular weight is 281 g/mol. The van der Waals surface area contributed by atoms with E-state index in [2.05, 4.69) is 20.3 Å². The summed E-state index contributed by atoms with van der Waals surface area (Å²) in [6.45, 7) is 2.32. The number of halogens is 2. The van der Waals surface area contributed by atoms with Crippen molar-refractivity contribution in [3.8, 4) is 0 Å². The molecule has 1 aromatic heterocycles. The molecule has 1 heterocycles. The lowest BCUT2D eigenvalue weighted by Crippen LogP contribution is -2.13. The van der Waals surface area contributed by atoms with Crippen molar-refractivity contribution in [3.63, 3.8) is 0 Å². The van der Waals surface area contributed by atoms with Gasteiger partial charge in [0.1, 0.15) is 29.3 Å². The van der Waals surface area contributed by atoms with Crippen LogP contribution in [0, 0.1) is 11.6 Å². The Balaban J connectivity index is 2.18. The molecule has 1 aromatic carbocycles. The van der Waals surface area contributed by atoms with Gasteiger partial charge in [-0.15, -0.1) is 0 Å². The van der Waals surface area contributed by atoms with E-state index in [1.807, 2.05) is 6.92 Å². The van der Waals surface area contributed by atoms with Gasteiger partial charge in [-0.05, 0) is 18.6 Å². The quantitative estimate of drug-likeness (QED) is 0.884. The highest BCUT2D eigenvalue weighted by atomic mass is 19.1. The smallest absolute Gasteiger partial charge is 0.256 e. The molecule has 5 nitrogen and oxygen atoms in total. The van der Waals surface area contributed by atoms with Crippen molar-refractivity contribution < 1.29 is 18.1 Å². The fraction of sp³-hybridized carbons (Fsp3) is 0.231. The second-order valence-electron chi connectivity index (χ2n) is 4.11. The van der Waals surface area contributed by atoms with Crippen LogP contribution in [0.4, 0.5) is 20.2 Å². The number of benzene rings is 1. The van der Waals surface area contributed by atoms with E-state index in [-0.39, 0.29) is 11.3 Å². The van der Waals surface area contributed by atoms with Crippen LogP contribution in [0.1, 0.15) is 23.7 Å². The molecule has 0 saturated carbocycles. The first-order valence-electron chi connectivity index (χ1n) is 6.05. The third kappa shape index (κ3) is 3.11. The van der Waals surface area contributed by atoms with E-state index >= 15 is 0 Å². The Hall–Kier alpha value is -2.44. The maximum Gasteiger partial charge on any atom is 0.256 e. The van der Waals surface area contributed by atoms with Gasteiger partial charge in [-0.2, -0.15) is 0 Å². The summed E-state index contributed by atoms with van der Waals surface area (Å²) in [6, 6.07) is 1.95. The maximum absolute atomic E-state index is 13.8. The minimum absolute atomic E-state index is 0.122. The Morgan fingerprint density at radius 2 is 2.05 bits per heavy atom. The zero-order valence-electron chi connectivity index (χ0n) is 10.7.